The van der Waals surface area contributed by atoms with Crippen molar-refractivity contribution in [1.82, 2.24) is 5.32 Å². The molecule has 1 aliphatic heterocycles. The van der Waals surface area contributed by atoms with Crippen molar-refractivity contribution < 1.29 is 4.79 Å². The Morgan fingerprint density at radius 2 is 2.29 bits per heavy atom. The molecule has 1 amide bonds. The monoisotopic (exact) mass is 296 g/mol. The Bertz CT molecular complexity index is 433. The van der Waals surface area contributed by atoms with E-state index in [1.165, 1.54) is 5.56 Å². The van der Waals surface area contributed by atoms with Crippen LogP contribution >= 0.6 is 15.9 Å². The lowest BCUT2D eigenvalue weighted by atomic mass is 10.1. The topological polar surface area (TPSA) is 32.3 Å². The fraction of sp³-hybridized carbons (Fsp3) is 0.462. The number of benzene rings is 1. The number of aryl methyl sites for hydroxylation is 1. The van der Waals surface area contributed by atoms with Crippen molar-refractivity contribution in [3.8, 4) is 0 Å². The Morgan fingerprint density at radius 1 is 1.53 bits per heavy atom. The molecule has 92 valence electrons. The Labute approximate surface area is 110 Å². The fourth-order valence-corrected chi connectivity index (χ4v) is 2.70. The number of rotatable bonds is 3. The van der Waals surface area contributed by atoms with E-state index in [4.69, 9.17) is 0 Å². The summed E-state index contributed by atoms with van der Waals surface area (Å²) >= 11 is 3.47. The fourth-order valence-electron chi connectivity index (χ4n) is 2.29. The lowest BCUT2D eigenvalue weighted by Gasteiger charge is -2.20. The predicted octanol–water partition coefficient (Wildman–Crippen LogP) is 2.34. The molecule has 17 heavy (non-hydrogen) atoms. The molecular formula is C13H17BrN2O. The molecule has 1 heterocycles. The summed E-state index contributed by atoms with van der Waals surface area (Å²) in [5.74, 6) is 0.185. The summed E-state index contributed by atoms with van der Waals surface area (Å²) in [4.78, 5) is 14.0. The molecule has 4 heteroatoms. The predicted molar refractivity (Wildman–Crippen MR) is 73.3 cm³/mol. The number of hydrogen-bond acceptors (Lipinski definition) is 2. The van der Waals surface area contributed by atoms with Gasteiger partial charge in [0.25, 0.3) is 0 Å². The van der Waals surface area contributed by atoms with Crippen LogP contribution in [-0.2, 0) is 11.2 Å². The van der Waals surface area contributed by atoms with Gasteiger partial charge in [0.05, 0.1) is 6.04 Å². The molecule has 1 atom stereocenters. The maximum absolute atomic E-state index is 12.1. The zero-order chi connectivity index (χ0) is 12.4. The average Bonchev–Trinajstić information content (AvgIpc) is 2.70. The normalized spacial score (nSPS) is 20.1. The molecule has 2 rings (SSSR count). The highest BCUT2D eigenvalue weighted by Crippen LogP contribution is 2.28. The summed E-state index contributed by atoms with van der Waals surface area (Å²) < 4.78 is 1.06. The molecule has 1 N–H and O–H groups in total. The highest BCUT2D eigenvalue weighted by molar-refractivity contribution is 9.10. The lowest BCUT2D eigenvalue weighted by molar-refractivity contribution is -0.118. The van der Waals surface area contributed by atoms with E-state index < -0.39 is 0 Å². The maximum Gasteiger partial charge on any atom is 0.244 e. The van der Waals surface area contributed by atoms with E-state index >= 15 is 0 Å². The van der Waals surface area contributed by atoms with Gasteiger partial charge < -0.3 is 10.2 Å². The third-order valence-electron chi connectivity index (χ3n) is 3.27. The zero-order valence-electron chi connectivity index (χ0n) is 10.2. The molecule has 0 radical (unpaired) electrons. The first kappa shape index (κ1) is 12.6. The van der Waals surface area contributed by atoms with E-state index in [9.17, 15) is 4.79 Å². The lowest BCUT2D eigenvalue weighted by Crippen LogP contribution is -2.36. The molecule has 1 unspecified atom stereocenters. The van der Waals surface area contributed by atoms with Crippen LogP contribution in [0.25, 0.3) is 0 Å². The van der Waals surface area contributed by atoms with Crippen LogP contribution in [0.1, 0.15) is 18.9 Å². The van der Waals surface area contributed by atoms with Gasteiger partial charge in [-0.15, -0.1) is 0 Å². The number of likely N-dealkylation sites (N-methyl/N-ethyl adjacent to an activating group) is 1. The molecule has 1 aliphatic rings. The number of nitrogens with one attached hydrogen (secondary N) is 1. The molecule has 0 saturated carbocycles. The molecule has 1 fully saturated rings. The number of hydrogen-bond donors (Lipinski definition) is 1. The van der Waals surface area contributed by atoms with Gasteiger partial charge in [-0.25, -0.2) is 0 Å². The van der Waals surface area contributed by atoms with Crippen molar-refractivity contribution in [2.45, 2.75) is 25.8 Å². The highest BCUT2D eigenvalue weighted by atomic mass is 79.9. The van der Waals surface area contributed by atoms with Crippen LogP contribution in [0.15, 0.2) is 22.7 Å². The van der Waals surface area contributed by atoms with Gasteiger partial charge in [0.1, 0.15) is 0 Å². The summed E-state index contributed by atoms with van der Waals surface area (Å²) in [6.07, 6.45) is 1.82. The minimum atomic E-state index is -0.0247. The van der Waals surface area contributed by atoms with Crippen LogP contribution in [0, 0.1) is 0 Å². The molecule has 1 aromatic carbocycles. The first-order valence-corrected chi connectivity index (χ1v) is 6.73. The molecule has 0 bridgehead atoms. The number of amides is 1. The van der Waals surface area contributed by atoms with Gasteiger partial charge in [0, 0.05) is 16.7 Å². The second-order valence-electron chi connectivity index (χ2n) is 4.25. The summed E-state index contributed by atoms with van der Waals surface area (Å²) in [6.45, 7) is 2.92. The quantitative estimate of drug-likeness (QED) is 0.929. The second kappa shape index (κ2) is 5.19. The Morgan fingerprint density at radius 3 is 2.88 bits per heavy atom. The molecular weight excluding hydrogens is 280 g/mol. The third kappa shape index (κ3) is 2.38. The van der Waals surface area contributed by atoms with Gasteiger partial charge >= 0.3 is 0 Å². The Hall–Kier alpha value is -0.870. The number of carbonyl (C=O) groups excluding carboxylic acids is 1. The molecule has 1 saturated heterocycles. The average molecular weight is 297 g/mol. The second-order valence-corrected chi connectivity index (χ2v) is 5.16. The van der Waals surface area contributed by atoms with Crippen molar-refractivity contribution in [1.29, 1.82) is 0 Å². The van der Waals surface area contributed by atoms with Crippen molar-refractivity contribution in [2.24, 2.45) is 0 Å². The first-order valence-electron chi connectivity index (χ1n) is 5.94. The van der Waals surface area contributed by atoms with Gasteiger partial charge in [-0.3, -0.25) is 4.79 Å². The van der Waals surface area contributed by atoms with Crippen LogP contribution in [0.3, 0.4) is 0 Å². The number of halogens is 1. The zero-order valence-corrected chi connectivity index (χ0v) is 11.8. The molecule has 3 nitrogen and oxygen atoms in total. The van der Waals surface area contributed by atoms with E-state index in [0.717, 1.165) is 29.5 Å². The summed E-state index contributed by atoms with van der Waals surface area (Å²) in [5.41, 5.74) is 2.27. The van der Waals surface area contributed by atoms with Gasteiger partial charge in [-0.2, -0.15) is 0 Å². The minimum absolute atomic E-state index is 0.0247. The van der Waals surface area contributed by atoms with Crippen LogP contribution in [0.2, 0.25) is 0 Å². The van der Waals surface area contributed by atoms with E-state index in [1.54, 1.807) is 0 Å². The smallest absolute Gasteiger partial charge is 0.244 e. The van der Waals surface area contributed by atoms with Crippen LogP contribution < -0.4 is 10.2 Å². The van der Waals surface area contributed by atoms with Crippen molar-refractivity contribution in [3.63, 3.8) is 0 Å². The minimum Gasteiger partial charge on any atom is -0.311 e. The van der Waals surface area contributed by atoms with Gasteiger partial charge in [-0.1, -0.05) is 22.9 Å². The van der Waals surface area contributed by atoms with E-state index in [0.29, 0.717) is 0 Å². The highest BCUT2D eigenvalue weighted by Gasteiger charge is 2.32. The van der Waals surface area contributed by atoms with Gasteiger partial charge in [-0.05, 0) is 43.7 Å². The van der Waals surface area contributed by atoms with Crippen LogP contribution in [0.4, 0.5) is 5.69 Å². The molecule has 0 aromatic heterocycles. The standard InChI is InChI=1S/C13H17BrN2O/c1-3-9-8-10(14)4-5-12(9)16-7-6-11(15-2)13(16)17/h4-5,8,11,15H,3,6-7H2,1-2H3. The van der Waals surface area contributed by atoms with Crippen molar-refractivity contribution >= 4 is 27.5 Å². The summed E-state index contributed by atoms with van der Waals surface area (Å²) in [7, 11) is 1.84. The van der Waals surface area contributed by atoms with Crippen LogP contribution in [0.5, 0.6) is 0 Å². The van der Waals surface area contributed by atoms with Gasteiger partial charge in [0.15, 0.2) is 0 Å². The van der Waals surface area contributed by atoms with E-state index in [1.807, 2.05) is 24.1 Å². The molecule has 1 aromatic rings. The van der Waals surface area contributed by atoms with Crippen LogP contribution in [-0.4, -0.2) is 25.5 Å². The van der Waals surface area contributed by atoms with E-state index in [2.05, 4.69) is 34.2 Å². The SMILES string of the molecule is CCc1cc(Br)ccc1N1CCC(NC)C1=O. The van der Waals surface area contributed by atoms with Crippen molar-refractivity contribution in [2.75, 3.05) is 18.5 Å². The largest absolute Gasteiger partial charge is 0.311 e. The number of nitrogens with zero attached hydrogens (tertiary/aromatic N) is 1. The number of anilines is 1. The van der Waals surface area contributed by atoms with E-state index in [-0.39, 0.29) is 11.9 Å². The summed E-state index contributed by atoms with van der Waals surface area (Å²) in [6, 6.07) is 6.09. The maximum atomic E-state index is 12.1. The Balaban J connectivity index is 2.32. The number of carbonyl (C=O) groups is 1. The van der Waals surface area contributed by atoms with Gasteiger partial charge in [0.2, 0.25) is 5.91 Å². The Kier molecular flexibility index (Phi) is 3.84. The molecule has 0 spiro atoms. The summed E-state index contributed by atoms with van der Waals surface area (Å²) in [5, 5.41) is 3.06. The van der Waals surface area contributed by atoms with Crippen molar-refractivity contribution in [3.05, 3.63) is 28.2 Å². The first-order chi connectivity index (χ1) is 8.17. The molecule has 0 aliphatic carbocycles. The third-order valence-corrected chi connectivity index (χ3v) is 3.76.